The van der Waals surface area contributed by atoms with E-state index < -0.39 is 0 Å². The van der Waals surface area contributed by atoms with E-state index in [1.54, 1.807) is 7.11 Å². The van der Waals surface area contributed by atoms with Crippen molar-refractivity contribution >= 4 is 11.7 Å². The second kappa shape index (κ2) is 10.2. The number of ether oxygens (including phenoxy) is 2. The summed E-state index contributed by atoms with van der Waals surface area (Å²) in [6.07, 6.45) is 1.12. The van der Waals surface area contributed by atoms with Gasteiger partial charge in [0, 0.05) is 38.4 Å². The fourth-order valence-corrected chi connectivity index (χ4v) is 3.38. The van der Waals surface area contributed by atoms with Crippen LogP contribution in [0, 0.1) is 0 Å². The number of carbonyl (C=O) groups is 1. The number of hydrogen-bond donors (Lipinski definition) is 1. The number of hydrogen-bond acceptors (Lipinski definition) is 4. The Labute approximate surface area is 173 Å². The first-order valence-electron chi connectivity index (χ1n) is 10.2. The molecule has 6 heteroatoms. The Kier molecular flexibility index (Phi) is 7.36. The Balaban J connectivity index is 1.42. The van der Waals surface area contributed by atoms with Crippen LogP contribution < -0.4 is 14.8 Å². The van der Waals surface area contributed by atoms with Crippen molar-refractivity contribution in [1.82, 2.24) is 9.80 Å². The minimum absolute atomic E-state index is 0.0463. The van der Waals surface area contributed by atoms with Gasteiger partial charge in [-0.2, -0.15) is 0 Å². The van der Waals surface area contributed by atoms with Gasteiger partial charge in [-0.1, -0.05) is 12.1 Å². The average molecular weight is 398 g/mol. The van der Waals surface area contributed by atoms with Crippen molar-refractivity contribution in [3.63, 3.8) is 0 Å². The van der Waals surface area contributed by atoms with Crippen LogP contribution in [-0.4, -0.2) is 61.8 Å². The van der Waals surface area contributed by atoms with Crippen LogP contribution in [0.1, 0.15) is 19.4 Å². The fourth-order valence-electron chi connectivity index (χ4n) is 3.38. The molecule has 156 valence electrons. The molecule has 1 aliphatic rings. The lowest BCUT2D eigenvalue weighted by molar-refractivity contribution is 0.148. The predicted molar refractivity (Wildman–Crippen MR) is 116 cm³/mol. The van der Waals surface area contributed by atoms with Crippen LogP contribution in [0.5, 0.6) is 11.5 Å². The summed E-state index contributed by atoms with van der Waals surface area (Å²) in [7, 11) is 1.69. The zero-order valence-electron chi connectivity index (χ0n) is 17.6. The van der Waals surface area contributed by atoms with Crippen molar-refractivity contribution in [1.29, 1.82) is 0 Å². The van der Waals surface area contributed by atoms with Gasteiger partial charge in [-0.15, -0.1) is 0 Å². The topological polar surface area (TPSA) is 54.0 Å². The Hall–Kier alpha value is -2.73. The Bertz CT molecular complexity index is 784. The summed E-state index contributed by atoms with van der Waals surface area (Å²) in [4.78, 5) is 16.8. The zero-order valence-corrected chi connectivity index (χ0v) is 17.6. The molecule has 1 heterocycles. The van der Waals surface area contributed by atoms with Crippen molar-refractivity contribution in [3.8, 4) is 11.5 Å². The van der Waals surface area contributed by atoms with Crippen LogP contribution in [0.3, 0.4) is 0 Å². The summed E-state index contributed by atoms with van der Waals surface area (Å²) in [6.45, 7) is 8.21. The Morgan fingerprint density at radius 1 is 1.03 bits per heavy atom. The summed E-state index contributed by atoms with van der Waals surface area (Å²) < 4.78 is 10.9. The third kappa shape index (κ3) is 6.39. The van der Waals surface area contributed by atoms with Gasteiger partial charge in [-0.05, 0) is 62.2 Å². The molecule has 0 atom stereocenters. The molecule has 1 N–H and O–H groups in total. The molecule has 29 heavy (non-hydrogen) atoms. The Morgan fingerprint density at radius 3 is 2.41 bits per heavy atom. The molecule has 2 aromatic carbocycles. The number of anilines is 1. The van der Waals surface area contributed by atoms with Crippen LogP contribution in [0.25, 0.3) is 0 Å². The van der Waals surface area contributed by atoms with Crippen LogP contribution in [-0.2, 0) is 6.42 Å². The zero-order chi connectivity index (χ0) is 20.6. The van der Waals surface area contributed by atoms with E-state index in [0.717, 1.165) is 56.3 Å². The quantitative estimate of drug-likeness (QED) is 0.771. The minimum Gasteiger partial charge on any atom is -0.497 e. The molecule has 0 unspecified atom stereocenters. The predicted octanol–water partition coefficient (Wildman–Crippen LogP) is 3.87. The van der Waals surface area contributed by atoms with Crippen molar-refractivity contribution in [3.05, 3.63) is 54.1 Å². The van der Waals surface area contributed by atoms with Gasteiger partial charge in [-0.25, -0.2) is 4.79 Å². The van der Waals surface area contributed by atoms with Crippen LogP contribution >= 0.6 is 0 Å². The van der Waals surface area contributed by atoms with E-state index >= 15 is 0 Å². The Morgan fingerprint density at radius 2 is 1.76 bits per heavy atom. The van der Waals surface area contributed by atoms with Crippen LogP contribution in [0.4, 0.5) is 10.5 Å². The summed E-state index contributed by atoms with van der Waals surface area (Å²) in [5.41, 5.74) is 2.06. The van der Waals surface area contributed by atoms with Crippen molar-refractivity contribution in [2.75, 3.05) is 45.2 Å². The molecule has 0 saturated carbocycles. The molecule has 3 rings (SSSR count). The van der Waals surface area contributed by atoms with Gasteiger partial charge in [0.2, 0.25) is 0 Å². The number of nitrogens with one attached hydrogen (secondary N) is 1. The molecule has 1 saturated heterocycles. The number of piperazine rings is 1. The summed E-state index contributed by atoms with van der Waals surface area (Å²) in [5, 5.41) is 2.98. The van der Waals surface area contributed by atoms with Gasteiger partial charge >= 0.3 is 6.03 Å². The van der Waals surface area contributed by atoms with Crippen molar-refractivity contribution in [2.45, 2.75) is 26.4 Å². The van der Waals surface area contributed by atoms with Gasteiger partial charge in [-0.3, -0.25) is 4.90 Å². The van der Waals surface area contributed by atoms with Crippen LogP contribution in [0.2, 0.25) is 0 Å². The molecule has 0 bridgehead atoms. The average Bonchev–Trinajstić information content (AvgIpc) is 2.74. The van der Waals surface area contributed by atoms with E-state index in [4.69, 9.17) is 9.47 Å². The number of urea groups is 1. The number of nitrogens with zero attached hydrogens (tertiary/aromatic N) is 2. The molecule has 1 aliphatic heterocycles. The normalized spacial score (nSPS) is 14.7. The van der Waals surface area contributed by atoms with Crippen LogP contribution in [0.15, 0.2) is 48.5 Å². The third-order valence-corrected chi connectivity index (χ3v) is 4.99. The first-order valence-corrected chi connectivity index (χ1v) is 10.2. The maximum absolute atomic E-state index is 12.5. The molecule has 2 amide bonds. The summed E-state index contributed by atoms with van der Waals surface area (Å²) >= 11 is 0. The number of carbonyl (C=O) groups excluding carboxylic acids is 1. The van der Waals surface area contributed by atoms with E-state index in [0.29, 0.717) is 0 Å². The number of benzene rings is 2. The molecule has 2 aromatic rings. The van der Waals surface area contributed by atoms with E-state index in [-0.39, 0.29) is 12.1 Å². The van der Waals surface area contributed by atoms with Gasteiger partial charge in [0.25, 0.3) is 0 Å². The molecule has 0 radical (unpaired) electrons. The summed E-state index contributed by atoms with van der Waals surface area (Å²) in [6, 6.07) is 15.7. The lowest BCUT2D eigenvalue weighted by Gasteiger charge is -2.34. The SMILES string of the molecule is COc1cccc(CCN2CCN(C(=O)Nc3ccc(OC(C)C)cc3)CC2)c1. The molecule has 6 nitrogen and oxygen atoms in total. The van der Waals surface area contributed by atoms with E-state index in [2.05, 4.69) is 22.3 Å². The standard InChI is InChI=1S/C23H31N3O3/c1-18(2)29-21-9-7-20(8-10-21)24-23(27)26-15-13-25(14-16-26)12-11-19-5-4-6-22(17-19)28-3/h4-10,17-18H,11-16H2,1-3H3,(H,24,27). The third-order valence-electron chi connectivity index (χ3n) is 4.99. The largest absolute Gasteiger partial charge is 0.497 e. The molecule has 0 aromatic heterocycles. The second-order valence-electron chi connectivity index (χ2n) is 7.55. The lowest BCUT2D eigenvalue weighted by Crippen LogP contribution is -2.50. The van der Waals surface area contributed by atoms with Gasteiger partial charge in [0.05, 0.1) is 13.2 Å². The highest BCUT2D eigenvalue weighted by Gasteiger charge is 2.21. The highest BCUT2D eigenvalue weighted by atomic mass is 16.5. The first-order chi connectivity index (χ1) is 14.0. The van der Waals surface area contributed by atoms with Gasteiger partial charge < -0.3 is 19.7 Å². The molecule has 1 fully saturated rings. The smallest absolute Gasteiger partial charge is 0.321 e. The second-order valence-corrected chi connectivity index (χ2v) is 7.55. The highest BCUT2D eigenvalue weighted by Crippen LogP contribution is 2.18. The number of rotatable bonds is 7. The van der Waals surface area contributed by atoms with E-state index in [1.807, 2.05) is 55.1 Å². The monoisotopic (exact) mass is 397 g/mol. The minimum atomic E-state index is -0.0463. The summed E-state index contributed by atoms with van der Waals surface area (Å²) in [5.74, 6) is 1.70. The lowest BCUT2D eigenvalue weighted by atomic mass is 10.1. The molecular weight excluding hydrogens is 366 g/mol. The fraction of sp³-hybridized carbons (Fsp3) is 0.435. The first kappa shape index (κ1) is 21.0. The van der Waals surface area contributed by atoms with E-state index in [1.165, 1.54) is 5.56 Å². The van der Waals surface area contributed by atoms with Gasteiger partial charge in [0.1, 0.15) is 11.5 Å². The van der Waals surface area contributed by atoms with Crippen molar-refractivity contribution < 1.29 is 14.3 Å². The molecule has 0 spiro atoms. The number of amides is 2. The maximum Gasteiger partial charge on any atom is 0.321 e. The maximum atomic E-state index is 12.5. The van der Waals surface area contributed by atoms with E-state index in [9.17, 15) is 4.79 Å². The highest BCUT2D eigenvalue weighted by molar-refractivity contribution is 5.89. The van der Waals surface area contributed by atoms with Crippen molar-refractivity contribution in [2.24, 2.45) is 0 Å². The van der Waals surface area contributed by atoms with Gasteiger partial charge in [0.15, 0.2) is 0 Å². The molecule has 0 aliphatic carbocycles. The molecular formula is C23H31N3O3. The number of methoxy groups -OCH3 is 1.